The maximum Gasteiger partial charge on any atom is 0.130 e. The van der Waals surface area contributed by atoms with Gasteiger partial charge in [0.05, 0.1) is 5.69 Å². The molecule has 2 aliphatic carbocycles. The number of aromatic nitrogens is 1. The molecule has 0 aliphatic heterocycles. The molecule has 0 saturated heterocycles. The fraction of sp³-hybridized carbons (Fsp3) is 0.375. The number of allylic oxidation sites excluding steroid dienone is 2. The highest BCUT2D eigenvalue weighted by Crippen LogP contribution is 2.37. The quantitative estimate of drug-likeness (QED) is 0.813. The third-order valence-electron chi connectivity index (χ3n) is 4.19. The molecular weight excluding hydrogens is 266 g/mol. The minimum absolute atomic E-state index is 0.587. The molecule has 3 nitrogen and oxygen atoms in total. The number of thiophene rings is 1. The maximum atomic E-state index is 9.08. The fourth-order valence-corrected chi connectivity index (χ4v) is 3.82. The zero-order valence-corrected chi connectivity index (χ0v) is 12.0. The molecule has 0 radical (unpaired) electrons. The van der Waals surface area contributed by atoms with Gasteiger partial charge in [-0.05, 0) is 49.7 Å². The Morgan fingerprint density at radius 1 is 1.40 bits per heavy atom. The summed E-state index contributed by atoms with van der Waals surface area (Å²) in [4.78, 5) is 6.23. The van der Waals surface area contributed by atoms with Crippen LogP contribution in [0.25, 0.3) is 10.2 Å². The van der Waals surface area contributed by atoms with Gasteiger partial charge in [-0.25, -0.2) is 4.98 Å². The van der Waals surface area contributed by atoms with Crippen LogP contribution in [0.3, 0.4) is 0 Å². The van der Waals surface area contributed by atoms with Gasteiger partial charge in [-0.3, -0.25) is 0 Å². The van der Waals surface area contributed by atoms with E-state index in [0.29, 0.717) is 10.6 Å². The van der Waals surface area contributed by atoms with Crippen molar-refractivity contribution in [2.24, 2.45) is 5.92 Å². The van der Waals surface area contributed by atoms with Gasteiger partial charge in [0.25, 0.3) is 0 Å². The van der Waals surface area contributed by atoms with E-state index in [0.717, 1.165) is 35.4 Å². The molecule has 1 saturated carbocycles. The second-order valence-electron chi connectivity index (χ2n) is 5.74. The minimum Gasteiger partial charge on any atom is -0.396 e. The van der Waals surface area contributed by atoms with Gasteiger partial charge in [0.2, 0.25) is 0 Å². The van der Waals surface area contributed by atoms with Crippen molar-refractivity contribution in [1.29, 1.82) is 5.26 Å². The minimum atomic E-state index is 0.587. The average Bonchev–Trinajstić information content (AvgIpc) is 3.21. The number of anilines is 1. The van der Waals surface area contributed by atoms with Gasteiger partial charge < -0.3 is 5.73 Å². The van der Waals surface area contributed by atoms with Crippen molar-refractivity contribution in [2.45, 2.75) is 32.1 Å². The second kappa shape index (κ2) is 4.32. The molecule has 4 rings (SSSR count). The van der Waals surface area contributed by atoms with E-state index in [9.17, 15) is 0 Å². The Kier molecular flexibility index (Phi) is 2.58. The van der Waals surface area contributed by atoms with Crippen LogP contribution in [0, 0.1) is 17.2 Å². The Labute approximate surface area is 121 Å². The Morgan fingerprint density at radius 3 is 3.00 bits per heavy atom. The van der Waals surface area contributed by atoms with E-state index in [1.54, 1.807) is 5.57 Å². The highest BCUT2D eigenvalue weighted by atomic mass is 32.1. The zero-order valence-electron chi connectivity index (χ0n) is 11.1. The number of nitrogens with two attached hydrogens (primary N) is 1. The second-order valence-corrected chi connectivity index (χ2v) is 6.74. The monoisotopic (exact) mass is 281 g/mol. The lowest BCUT2D eigenvalue weighted by Crippen LogP contribution is -2.08. The Bertz CT molecular complexity index is 775. The first-order valence-corrected chi connectivity index (χ1v) is 7.86. The largest absolute Gasteiger partial charge is 0.396 e. The Hall–Kier alpha value is -1.86. The van der Waals surface area contributed by atoms with Gasteiger partial charge in [0.1, 0.15) is 15.8 Å². The molecule has 0 aromatic carbocycles. The summed E-state index contributed by atoms with van der Waals surface area (Å²) in [6.07, 6.45) is 8.33. The van der Waals surface area contributed by atoms with E-state index in [1.165, 1.54) is 35.4 Å². The van der Waals surface area contributed by atoms with Crippen LogP contribution in [0.2, 0.25) is 0 Å². The molecule has 20 heavy (non-hydrogen) atoms. The lowest BCUT2D eigenvalue weighted by Gasteiger charge is -2.18. The lowest BCUT2D eigenvalue weighted by atomic mass is 9.90. The summed E-state index contributed by atoms with van der Waals surface area (Å²) in [5.74, 6) is 0.833. The molecule has 0 bridgehead atoms. The number of rotatable bonds is 1. The van der Waals surface area contributed by atoms with E-state index in [2.05, 4.69) is 18.2 Å². The van der Waals surface area contributed by atoms with Crippen molar-refractivity contribution < 1.29 is 0 Å². The van der Waals surface area contributed by atoms with E-state index in [-0.39, 0.29) is 0 Å². The van der Waals surface area contributed by atoms with E-state index >= 15 is 0 Å². The summed E-state index contributed by atoms with van der Waals surface area (Å²) in [6, 6.07) is 4.32. The molecule has 4 heteroatoms. The molecule has 2 aromatic heterocycles. The number of nitrogen functional groups attached to an aromatic ring is 1. The third-order valence-corrected chi connectivity index (χ3v) is 5.20. The van der Waals surface area contributed by atoms with Crippen molar-refractivity contribution >= 4 is 27.2 Å². The first-order valence-electron chi connectivity index (χ1n) is 7.05. The highest BCUT2D eigenvalue weighted by Gasteiger charge is 2.22. The van der Waals surface area contributed by atoms with Crippen LogP contribution in [-0.2, 0) is 12.8 Å². The van der Waals surface area contributed by atoms with E-state index < -0.39 is 0 Å². The van der Waals surface area contributed by atoms with Crippen LogP contribution >= 0.6 is 11.3 Å². The first kappa shape index (κ1) is 11.9. The summed E-state index contributed by atoms with van der Waals surface area (Å²) in [7, 11) is 0. The number of hydrogen-bond acceptors (Lipinski definition) is 4. The first-order chi connectivity index (χ1) is 9.74. The highest BCUT2D eigenvalue weighted by molar-refractivity contribution is 7.19. The Morgan fingerprint density at radius 2 is 2.25 bits per heavy atom. The fourth-order valence-electron chi connectivity index (χ4n) is 2.92. The summed E-state index contributed by atoms with van der Waals surface area (Å²) in [5, 5.41) is 10.0. The molecule has 0 unspecified atom stereocenters. The van der Waals surface area contributed by atoms with Crippen molar-refractivity contribution in [2.75, 3.05) is 5.73 Å². The molecule has 2 aliphatic rings. The van der Waals surface area contributed by atoms with Crippen LogP contribution in [-0.4, -0.2) is 4.98 Å². The lowest BCUT2D eigenvalue weighted by molar-refractivity contribution is 0.798. The summed E-state index contributed by atoms with van der Waals surface area (Å²) in [5.41, 5.74) is 10.7. The van der Waals surface area contributed by atoms with Crippen molar-refractivity contribution in [3.63, 3.8) is 0 Å². The van der Waals surface area contributed by atoms with Crippen LogP contribution in [0.5, 0.6) is 0 Å². The molecular formula is C16H15N3S. The number of fused-ring (bicyclic) bond motifs is 2. The molecule has 0 atom stereocenters. The molecule has 2 N–H and O–H groups in total. The molecule has 2 aromatic rings. The summed E-state index contributed by atoms with van der Waals surface area (Å²) >= 11 is 1.41. The smallest absolute Gasteiger partial charge is 0.130 e. The number of aryl methyl sites for hydroxylation is 1. The van der Waals surface area contributed by atoms with E-state index in [4.69, 9.17) is 16.0 Å². The average molecular weight is 281 g/mol. The number of nitrogens with zero attached hydrogens (tertiary/aromatic N) is 2. The predicted octanol–water partition coefficient (Wildman–Crippen LogP) is 3.58. The van der Waals surface area contributed by atoms with Gasteiger partial charge >= 0.3 is 0 Å². The standard InChI is InChI=1S/C16H15N3S/c17-8-14-15(18)12-7-11-6-10(5-9-1-2-9)3-4-13(11)19-16(12)20-14/h5,7,9H,1-4,6,18H2. The Balaban J connectivity index is 1.79. The van der Waals surface area contributed by atoms with Crippen LogP contribution in [0.15, 0.2) is 17.7 Å². The van der Waals surface area contributed by atoms with Crippen molar-refractivity contribution in [3.05, 3.63) is 33.9 Å². The van der Waals surface area contributed by atoms with Gasteiger partial charge in [0, 0.05) is 11.1 Å². The van der Waals surface area contributed by atoms with Crippen LogP contribution in [0.4, 0.5) is 5.69 Å². The molecule has 100 valence electrons. The number of pyridine rings is 1. The molecule has 0 spiro atoms. The topological polar surface area (TPSA) is 62.7 Å². The molecule has 0 amide bonds. The van der Waals surface area contributed by atoms with Gasteiger partial charge in [-0.15, -0.1) is 11.3 Å². The van der Waals surface area contributed by atoms with Gasteiger partial charge in [-0.1, -0.05) is 11.6 Å². The molecule has 1 fully saturated rings. The normalized spacial score (nSPS) is 20.1. The maximum absolute atomic E-state index is 9.08. The third kappa shape index (κ3) is 1.90. The number of nitriles is 1. The van der Waals surface area contributed by atoms with Crippen LogP contribution in [0.1, 0.15) is 35.4 Å². The van der Waals surface area contributed by atoms with Gasteiger partial charge in [-0.2, -0.15) is 5.26 Å². The number of hydrogen-bond donors (Lipinski definition) is 1. The zero-order chi connectivity index (χ0) is 13.7. The SMILES string of the molecule is N#Cc1sc2nc3c(cc2c1N)CC(=CC1CC1)CC3. The van der Waals surface area contributed by atoms with E-state index in [1.807, 2.05) is 0 Å². The summed E-state index contributed by atoms with van der Waals surface area (Å²) in [6.45, 7) is 0. The van der Waals surface area contributed by atoms with Crippen molar-refractivity contribution in [3.8, 4) is 6.07 Å². The van der Waals surface area contributed by atoms with Gasteiger partial charge in [0.15, 0.2) is 0 Å². The van der Waals surface area contributed by atoms with Crippen LogP contribution < -0.4 is 5.73 Å². The molecule has 2 heterocycles. The van der Waals surface area contributed by atoms with Crippen molar-refractivity contribution in [1.82, 2.24) is 4.98 Å². The summed E-state index contributed by atoms with van der Waals surface area (Å²) < 4.78 is 0. The predicted molar refractivity (Wildman–Crippen MR) is 81.6 cm³/mol.